The number of nitrogens with one attached hydrogen (secondary N) is 1. The summed E-state index contributed by atoms with van der Waals surface area (Å²) in [5.74, 6) is 0.552. The number of rotatable bonds is 3. The number of nitrogens with zero attached hydrogens (tertiary/aromatic N) is 1. The molecule has 3 heteroatoms. The van der Waals surface area contributed by atoms with E-state index in [4.69, 9.17) is 5.73 Å². The van der Waals surface area contributed by atoms with Crippen molar-refractivity contribution in [1.29, 1.82) is 0 Å². The lowest BCUT2D eigenvalue weighted by atomic mass is 10.1. The molecule has 0 unspecified atom stereocenters. The highest BCUT2D eigenvalue weighted by molar-refractivity contribution is 5.78. The van der Waals surface area contributed by atoms with Gasteiger partial charge in [-0.1, -0.05) is 13.3 Å². The maximum atomic E-state index is 5.64. The lowest BCUT2D eigenvalue weighted by Crippen LogP contribution is -2.45. The van der Waals surface area contributed by atoms with Gasteiger partial charge in [0.2, 0.25) is 0 Å². The van der Waals surface area contributed by atoms with Crippen molar-refractivity contribution < 1.29 is 0 Å². The first kappa shape index (κ1) is 11.3. The monoisotopic (exact) mass is 171 g/mol. The third kappa shape index (κ3) is 7.38. The summed E-state index contributed by atoms with van der Waals surface area (Å²) in [6, 6.07) is 0. The van der Waals surface area contributed by atoms with E-state index in [2.05, 4.69) is 38.0 Å². The van der Waals surface area contributed by atoms with E-state index < -0.39 is 0 Å². The van der Waals surface area contributed by atoms with Crippen molar-refractivity contribution in [2.45, 2.75) is 46.1 Å². The molecular weight excluding hydrogens is 150 g/mol. The fourth-order valence-corrected chi connectivity index (χ4v) is 0.781. The summed E-state index contributed by atoms with van der Waals surface area (Å²) in [5, 5.41) is 3.11. The zero-order chi connectivity index (χ0) is 9.61. The van der Waals surface area contributed by atoms with Gasteiger partial charge in [-0.2, -0.15) is 0 Å². The van der Waals surface area contributed by atoms with Crippen LogP contribution in [-0.2, 0) is 0 Å². The zero-order valence-electron chi connectivity index (χ0n) is 8.65. The molecule has 0 spiro atoms. The highest BCUT2D eigenvalue weighted by Gasteiger charge is 2.08. The average Bonchev–Trinajstić information content (AvgIpc) is 1.84. The molecule has 0 bridgehead atoms. The molecule has 0 saturated heterocycles. The van der Waals surface area contributed by atoms with Gasteiger partial charge in [0, 0.05) is 12.1 Å². The van der Waals surface area contributed by atoms with Crippen LogP contribution in [0.15, 0.2) is 4.99 Å². The van der Waals surface area contributed by atoms with Crippen LogP contribution in [0.25, 0.3) is 0 Å². The Morgan fingerprint density at radius 3 is 2.42 bits per heavy atom. The maximum Gasteiger partial charge on any atom is 0.188 e. The molecule has 12 heavy (non-hydrogen) atoms. The van der Waals surface area contributed by atoms with Crippen LogP contribution in [0.5, 0.6) is 0 Å². The molecule has 0 aromatic carbocycles. The fourth-order valence-electron chi connectivity index (χ4n) is 0.781. The molecule has 0 aliphatic rings. The van der Waals surface area contributed by atoms with Crippen LogP contribution in [0.1, 0.15) is 40.5 Å². The molecule has 0 fully saturated rings. The van der Waals surface area contributed by atoms with Gasteiger partial charge >= 0.3 is 0 Å². The maximum absolute atomic E-state index is 5.64. The first-order valence-corrected chi connectivity index (χ1v) is 4.54. The van der Waals surface area contributed by atoms with Crippen LogP contribution in [0, 0.1) is 0 Å². The Balaban J connectivity index is 3.70. The molecule has 0 aliphatic carbocycles. The molecule has 3 N–H and O–H groups in total. The molecule has 0 aromatic heterocycles. The summed E-state index contributed by atoms with van der Waals surface area (Å²) in [6.07, 6.45) is 2.26. The van der Waals surface area contributed by atoms with Gasteiger partial charge in [-0.15, -0.1) is 0 Å². The van der Waals surface area contributed by atoms with Crippen LogP contribution in [-0.4, -0.2) is 18.0 Å². The standard InChI is InChI=1S/C9H21N3/c1-5-6-7-11-8(10)12-9(2,3)4/h5-7H2,1-4H3,(H3,10,11,12). The Labute approximate surface area is 75.4 Å². The number of guanidine groups is 1. The van der Waals surface area contributed by atoms with Crippen LogP contribution >= 0.6 is 0 Å². The summed E-state index contributed by atoms with van der Waals surface area (Å²) in [5.41, 5.74) is 5.65. The first-order chi connectivity index (χ1) is 5.45. The summed E-state index contributed by atoms with van der Waals surface area (Å²) in [7, 11) is 0. The van der Waals surface area contributed by atoms with E-state index in [1.54, 1.807) is 0 Å². The van der Waals surface area contributed by atoms with Crippen molar-refractivity contribution in [2.75, 3.05) is 6.54 Å². The normalized spacial score (nSPS) is 13.2. The van der Waals surface area contributed by atoms with E-state index in [1.807, 2.05) is 0 Å². The van der Waals surface area contributed by atoms with Crippen LogP contribution in [0.4, 0.5) is 0 Å². The number of nitrogens with two attached hydrogens (primary N) is 1. The number of unbranched alkanes of at least 4 members (excludes halogenated alkanes) is 1. The Kier molecular flexibility index (Phi) is 4.71. The minimum absolute atomic E-state index is 0.0137. The molecular formula is C9H21N3. The lowest BCUT2D eigenvalue weighted by Gasteiger charge is -2.20. The molecule has 0 saturated carbocycles. The summed E-state index contributed by atoms with van der Waals surface area (Å²) in [4.78, 5) is 4.18. The van der Waals surface area contributed by atoms with Gasteiger partial charge in [0.05, 0.1) is 0 Å². The van der Waals surface area contributed by atoms with E-state index in [9.17, 15) is 0 Å². The number of hydrogen-bond acceptors (Lipinski definition) is 1. The summed E-state index contributed by atoms with van der Waals surface area (Å²) >= 11 is 0. The van der Waals surface area contributed by atoms with Crippen LogP contribution in [0.2, 0.25) is 0 Å². The van der Waals surface area contributed by atoms with E-state index >= 15 is 0 Å². The topological polar surface area (TPSA) is 50.4 Å². The van der Waals surface area contributed by atoms with Crippen LogP contribution in [0.3, 0.4) is 0 Å². The van der Waals surface area contributed by atoms with Crippen molar-refractivity contribution in [3.05, 3.63) is 0 Å². The largest absolute Gasteiger partial charge is 0.370 e. The van der Waals surface area contributed by atoms with Crippen molar-refractivity contribution in [3.8, 4) is 0 Å². The number of hydrogen-bond donors (Lipinski definition) is 2. The SMILES string of the molecule is CCCCN=C(N)NC(C)(C)C. The third-order valence-electron chi connectivity index (χ3n) is 1.30. The molecule has 3 nitrogen and oxygen atoms in total. The minimum Gasteiger partial charge on any atom is -0.370 e. The average molecular weight is 171 g/mol. The van der Waals surface area contributed by atoms with E-state index in [-0.39, 0.29) is 5.54 Å². The van der Waals surface area contributed by atoms with E-state index in [0.717, 1.165) is 19.4 Å². The molecule has 0 heterocycles. The van der Waals surface area contributed by atoms with Gasteiger partial charge in [-0.05, 0) is 27.2 Å². The van der Waals surface area contributed by atoms with E-state index in [1.165, 1.54) is 0 Å². The van der Waals surface area contributed by atoms with Crippen molar-refractivity contribution >= 4 is 5.96 Å². The van der Waals surface area contributed by atoms with Gasteiger partial charge in [0.1, 0.15) is 0 Å². The predicted octanol–water partition coefficient (Wildman–Crippen LogP) is 1.49. The predicted molar refractivity (Wildman–Crippen MR) is 54.3 cm³/mol. The second-order valence-electron chi connectivity index (χ2n) is 4.00. The quantitative estimate of drug-likeness (QED) is 0.384. The first-order valence-electron chi connectivity index (χ1n) is 4.54. The second kappa shape index (κ2) is 5.01. The molecule has 0 aromatic rings. The van der Waals surface area contributed by atoms with Crippen molar-refractivity contribution in [3.63, 3.8) is 0 Å². The molecule has 0 rings (SSSR count). The second-order valence-corrected chi connectivity index (χ2v) is 4.00. The molecule has 0 aliphatic heterocycles. The summed E-state index contributed by atoms with van der Waals surface area (Å²) < 4.78 is 0. The van der Waals surface area contributed by atoms with E-state index in [0.29, 0.717) is 5.96 Å². The Morgan fingerprint density at radius 2 is 2.00 bits per heavy atom. The third-order valence-corrected chi connectivity index (χ3v) is 1.30. The molecule has 0 amide bonds. The summed E-state index contributed by atoms with van der Waals surface area (Å²) in [6.45, 7) is 9.16. The molecule has 72 valence electrons. The smallest absolute Gasteiger partial charge is 0.188 e. The van der Waals surface area contributed by atoms with Crippen LogP contribution < -0.4 is 11.1 Å². The Hall–Kier alpha value is -0.730. The lowest BCUT2D eigenvalue weighted by molar-refractivity contribution is 0.508. The molecule has 0 atom stereocenters. The van der Waals surface area contributed by atoms with Crippen molar-refractivity contribution in [2.24, 2.45) is 10.7 Å². The molecule has 0 radical (unpaired) electrons. The van der Waals surface area contributed by atoms with Gasteiger partial charge in [-0.25, -0.2) is 0 Å². The van der Waals surface area contributed by atoms with Gasteiger partial charge in [-0.3, -0.25) is 4.99 Å². The zero-order valence-corrected chi connectivity index (χ0v) is 8.65. The van der Waals surface area contributed by atoms with Gasteiger partial charge < -0.3 is 11.1 Å². The number of aliphatic imine (C=N–C) groups is 1. The minimum atomic E-state index is 0.0137. The van der Waals surface area contributed by atoms with Gasteiger partial charge in [0.25, 0.3) is 0 Å². The van der Waals surface area contributed by atoms with Crippen molar-refractivity contribution in [1.82, 2.24) is 5.32 Å². The highest BCUT2D eigenvalue weighted by Crippen LogP contribution is 1.97. The van der Waals surface area contributed by atoms with Gasteiger partial charge in [0.15, 0.2) is 5.96 Å². The Bertz CT molecular complexity index is 144. The highest BCUT2D eigenvalue weighted by atomic mass is 15.1. The fraction of sp³-hybridized carbons (Fsp3) is 0.889. The Morgan fingerprint density at radius 1 is 1.42 bits per heavy atom.